The molecule has 1 heterocycles. The number of thiophene rings is 1. The Morgan fingerprint density at radius 1 is 1.50 bits per heavy atom. The highest BCUT2D eigenvalue weighted by molar-refractivity contribution is 7.12. The van der Waals surface area contributed by atoms with Gasteiger partial charge in [0.05, 0.1) is 6.10 Å². The Bertz CT molecular complexity index is 293. The van der Waals surface area contributed by atoms with Crippen LogP contribution in [0.25, 0.3) is 0 Å². The molecule has 1 unspecified atom stereocenters. The van der Waals surface area contributed by atoms with Crippen LogP contribution < -0.4 is 5.73 Å². The van der Waals surface area contributed by atoms with Crippen LogP contribution in [0, 0.1) is 5.41 Å². The van der Waals surface area contributed by atoms with Crippen LogP contribution in [0.2, 0.25) is 0 Å². The van der Waals surface area contributed by atoms with Crippen molar-refractivity contribution in [3.05, 3.63) is 21.9 Å². The monoisotopic (exact) mass is 213 g/mol. The predicted octanol–water partition coefficient (Wildman–Crippen LogP) is 2.33. The van der Waals surface area contributed by atoms with E-state index in [9.17, 15) is 5.11 Å². The lowest BCUT2D eigenvalue weighted by atomic mass is 9.86. The van der Waals surface area contributed by atoms with Gasteiger partial charge in [-0.2, -0.15) is 0 Å². The number of rotatable bonds is 4. The van der Waals surface area contributed by atoms with E-state index in [1.807, 2.05) is 19.9 Å². The van der Waals surface area contributed by atoms with Gasteiger partial charge in [-0.1, -0.05) is 20.8 Å². The van der Waals surface area contributed by atoms with Gasteiger partial charge >= 0.3 is 0 Å². The molecule has 1 atom stereocenters. The highest BCUT2D eigenvalue weighted by atomic mass is 32.1. The van der Waals surface area contributed by atoms with Crippen molar-refractivity contribution in [2.75, 3.05) is 6.54 Å². The summed E-state index contributed by atoms with van der Waals surface area (Å²) < 4.78 is 0. The molecule has 2 nitrogen and oxygen atoms in total. The number of aliphatic hydroxyl groups is 1. The Morgan fingerprint density at radius 2 is 2.14 bits per heavy atom. The van der Waals surface area contributed by atoms with Gasteiger partial charge < -0.3 is 10.8 Å². The largest absolute Gasteiger partial charge is 0.387 e. The van der Waals surface area contributed by atoms with Crippen LogP contribution in [0.4, 0.5) is 0 Å². The van der Waals surface area contributed by atoms with Gasteiger partial charge in [-0.25, -0.2) is 0 Å². The second-order valence-corrected chi connectivity index (χ2v) is 5.45. The van der Waals surface area contributed by atoms with Crippen molar-refractivity contribution in [2.45, 2.75) is 33.3 Å². The first-order valence-corrected chi connectivity index (χ1v) is 5.79. The molecule has 1 rings (SSSR count). The first-order valence-electron chi connectivity index (χ1n) is 4.98. The van der Waals surface area contributed by atoms with E-state index in [2.05, 4.69) is 13.0 Å². The van der Waals surface area contributed by atoms with E-state index in [1.165, 1.54) is 4.88 Å². The van der Waals surface area contributed by atoms with Crippen LogP contribution in [-0.2, 0) is 6.42 Å². The third-order valence-electron chi connectivity index (χ3n) is 2.57. The maximum Gasteiger partial charge on any atom is 0.0944 e. The fourth-order valence-electron chi connectivity index (χ4n) is 1.23. The van der Waals surface area contributed by atoms with Crippen molar-refractivity contribution >= 4 is 11.3 Å². The van der Waals surface area contributed by atoms with Gasteiger partial charge in [0.2, 0.25) is 0 Å². The second-order valence-electron chi connectivity index (χ2n) is 4.25. The number of nitrogens with two attached hydrogens (primary N) is 1. The Hall–Kier alpha value is -0.380. The fourth-order valence-corrected chi connectivity index (χ4v) is 2.38. The molecule has 0 radical (unpaired) electrons. The molecule has 0 aliphatic rings. The normalized spacial score (nSPS) is 14.4. The van der Waals surface area contributed by atoms with Gasteiger partial charge in [0, 0.05) is 21.7 Å². The average Bonchev–Trinajstić information content (AvgIpc) is 2.64. The summed E-state index contributed by atoms with van der Waals surface area (Å²) in [5.41, 5.74) is 5.39. The van der Waals surface area contributed by atoms with Crippen molar-refractivity contribution in [3.8, 4) is 0 Å². The van der Waals surface area contributed by atoms with Crippen molar-refractivity contribution in [1.82, 2.24) is 0 Å². The molecule has 0 aliphatic carbocycles. The van der Waals surface area contributed by atoms with E-state index in [1.54, 1.807) is 11.3 Å². The Labute approximate surface area is 89.8 Å². The molecule has 0 fully saturated rings. The lowest BCUT2D eigenvalue weighted by Gasteiger charge is -2.28. The topological polar surface area (TPSA) is 46.2 Å². The van der Waals surface area contributed by atoms with E-state index in [4.69, 9.17) is 5.73 Å². The quantitative estimate of drug-likeness (QED) is 0.806. The zero-order valence-corrected chi connectivity index (χ0v) is 9.90. The molecule has 0 aromatic carbocycles. The Morgan fingerprint density at radius 3 is 2.57 bits per heavy atom. The van der Waals surface area contributed by atoms with E-state index < -0.39 is 6.10 Å². The highest BCUT2D eigenvalue weighted by Crippen LogP contribution is 2.35. The molecular formula is C11H19NOS. The Kier molecular flexibility index (Phi) is 3.70. The van der Waals surface area contributed by atoms with Crippen LogP contribution in [0.5, 0.6) is 0 Å². The molecule has 80 valence electrons. The minimum absolute atomic E-state index is 0.240. The first-order chi connectivity index (χ1) is 6.51. The number of hydrogen-bond donors (Lipinski definition) is 2. The molecule has 0 bridgehead atoms. The molecular weight excluding hydrogens is 194 g/mol. The molecule has 3 N–H and O–H groups in total. The van der Waals surface area contributed by atoms with E-state index in [0.717, 1.165) is 11.3 Å². The summed E-state index contributed by atoms with van der Waals surface area (Å²) in [5.74, 6) is 0. The lowest BCUT2D eigenvalue weighted by Crippen LogP contribution is -2.30. The zero-order chi connectivity index (χ0) is 10.8. The first kappa shape index (κ1) is 11.7. The number of aliphatic hydroxyl groups excluding tert-OH is 1. The van der Waals surface area contributed by atoms with Gasteiger partial charge in [-0.15, -0.1) is 11.3 Å². The number of hydrogen-bond acceptors (Lipinski definition) is 3. The summed E-state index contributed by atoms with van der Waals surface area (Å²) in [6.07, 6.45) is 0.582. The molecule has 0 saturated heterocycles. The van der Waals surface area contributed by atoms with Gasteiger partial charge in [0.1, 0.15) is 0 Å². The summed E-state index contributed by atoms with van der Waals surface area (Å²) in [4.78, 5) is 2.34. The third kappa shape index (κ3) is 2.35. The summed E-state index contributed by atoms with van der Waals surface area (Å²) in [6, 6.07) is 4.08. The highest BCUT2D eigenvalue weighted by Gasteiger charge is 2.28. The maximum absolute atomic E-state index is 10.1. The molecule has 0 spiro atoms. The van der Waals surface area contributed by atoms with E-state index in [0.29, 0.717) is 6.54 Å². The minimum Gasteiger partial charge on any atom is -0.387 e. The van der Waals surface area contributed by atoms with Crippen molar-refractivity contribution in [3.63, 3.8) is 0 Å². The Balaban J connectivity index is 2.83. The minimum atomic E-state index is -0.446. The molecule has 1 aromatic rings. The lowest BCUT2D eigenvalue weighted by molar-refractivity contribution is 0.0586. The van der Waals surface area contributed by atoms with Gasteiger partial charge in [0.15, 0.2) is 0 Å². The molecule has 0 saturated carbocycles. The smallest absolute Gasteiger partial charge is 0.0944 e. The summed E-state index contributed by atoms with van der Waals surface area (Å²) in [6.45, 7) is 6.59. The molecule has 0 amide bonds. The average molecular weight is 213 g/mol. The SMILES string of the molecule is CCc1ccc(C(O)C(C)(C)CN)s1. The van der Waals surface area contributed by atoms with E-state index >= 15 is 0 Å². The summed E-state index contributed by atoms with van der Waals surface area (Å²) in [7, 11) is 0. The van der Waals surface area contributed by atoms with Gasteiger partial charge in [-0.3, -0.25) is 0 Å². The maximum atomic E-state index is 10.1. The second kappa shape index (κ2) is 4.43. The van der Waals surface area contributed by atoms with Crippen LogP contribution in [0.1, 0.15) is 36.6 Å². The van der Waals surface area contributed by atoms with Gasteiger partial charge in [0.25, 0.3) is 0 Å². The molecule has 3 heteroatoms. The standard InChI is InChI=1S/C11H19NOS/c1-4-8-5-6-9(14-8)10(13)11(2,3)7-12/h5-6,10,13H,4,7,12H2,1-3H3. The van der Waals surface area contributed by atoms with Crippen LogP contribution in [0.3, 0.4) is 0 Å². The van der Waals surface area contributed by atoms with Crippen molar-refractivity contribution < 1.29 is 5.11 Å². The molecule has 0 aliphatic heterocycles. The third-order valence-corrected chi connectivity index (χ3v) is 3.85. The van der Waals surface area contributed by atoms with Crippen LogP contribution in [0.15, 0.2) is 12.1 Å². The number of aryl methyl sites for hydroxylation is 1. The van der Waals surface area contributed by atoms with Crippen molar-refractivity contribution in [2.24, 2.45) is 11.1 Å². The van der Waals surface area contributed by atoms with Crippen LogP contribution in [-0.4, -0.2) is 11.7 Å². The zero-order valence-electron chi connectivity index (χ0n) is 9.08. The van der Waals surface area contributed by atoms with Crippen LogP contribution >= 0.6 is 11.3 Å². The summed E-state index contributed by atoms with van der Waals surface area (Å²) in [5, 5.41) is 10.1. The summed E-state index contributed by atoms with van der Waals surface area (Å²) >= 11 is 1.68. The van der Waals surface area contributed by atoms with Crippen molar-refractivity contribution in [1.29, 1.82) is 0 Å². The fraction of sp³-hybridized carbons (Fsp3) is 0.636. The van der Waals surface area contributed by atoms with Gasteiger partial charge in [-0.05, 0) is 18.6 Å². The van der Waals surface area contributed by atoms with E-state index in [-0.39, 0.29) is 5.41 Å². The predicted molar refractivity (Wildman–Crippen MR) is 61.5 cm³/mol. The molecule has 1 aromatic heterocycles. The molecule has 14 heavy (non-hydrogen) atoms.